The van der Waals surface area contributed by atoms with Crippen molar-refractivity contribution < 1.29 is 40.0 Å². The molecular weight excluding hydrogens is 884 g/mol. The second kappa shape index (κ2) is 18.4. The van der Waals surface area contributed by atoms with Crippen molar-refractivity contribution in [1.82, 2.24) is 7.94 Å². The van der Waals surface area contributed by atoms with E-state index in [1.54, 1.807) is 24.3 Å². The summed E-state index contributed by atoms with van der Waals surface area (Å²) >= 11 is 11.5. The monoisotopic (exact) mass is 925 g/mol. The lowest BCUT2D eigenvalue weighted by molar-refractivity contribution is 0.0989. The first-order chi connectivity index (χ1) is 28.4. The van der Waals surface area contributed by atoms with Gasteiger partial charge in [0, 0.05) is 41.8 Å². The molecule has 12 nitrogen and oxygen atoms in total. The molecule has 62 heavy (non-hydrogen) atoms. The van der Waals surface area contributed by atoms with Crippen LogP contribution in [-0.4, -0.2) is 42.4 Å². The van der Waals surface area contributed by atoms with Gasteiger partial charge in [0.15, 0.2) is 5.78 Å². The first kappa shape index (κ1) is 47.4. The average Bonchev–Trinajstić information content (AvgIpc) is 3.97. The Bertz CT molecular complexity index is 2950. The van der Waals surface area contributed by atoms with Crippen LogP contribution in [0.3, 0.4) is 0 Å². The smallest absolute Gasteiger partial charge is 0.273 e. The minimum absolute atomic E-state index is 0. The van der Waals surface area contributed by atoms with Crippen LogP contribution >= 0.6 is 23.2 Å². The number of rotatable bonds is 8. The van der Waals surface area contributed by atoms with Crippen LogP contribution in [0.25, 0.3) is 0 Å². The molecule has 2 aromatic heterocycles. The van der Waals surface area contributed by atoms with Crippen LogP contribution < -0.4 is 16.4 Å². The lowest BCUT2D eigenvalue weighted by Gasteiger charge is -2.13. The molecule has 0 bridgehead atoms. The summed E-state index contributed by atoms with van der Waals surface area (Å²) in [5.74, 6) is -2.85. The molecule has 4 N–H and O–H groups in total. The standard InChI is InChI=1S/C21H19ClFN3O3S.C21H16ClFN2O4S.2CH4/c1-12-2-5-14(6-3-12)30(28,29)26-11-16-15(7-9-19(16)24)20(26)21(27)25-13-4-8-18(23)17(22)10-13;1-12-2-5-14(6-3-12)30(28,29)25-11-16-15(7-9-19(16)26)20(25)21(27)24-13-4-8-18(23)17(22)10-13;;/h2-6,8,10-11,19H,7,9,24H2,1H3,(H,25,27);2-6,8,10-11H,7,9H2,1H3,(H,24,27);2*1H4. The topological polar surface area (TPSA) is 179 Å². The molecule has 2 heterocycles. The number of amides is 2. The number of carbonyl (C=O) groups excluding carboxylic acids is 3. The predicted octanol–water partition coefficient (Wildman–Crippen LogP) is 9.50. The molecule has 1 unspecified atom stereocenters. The molecule has 326 valence electrons. The van der Waals surface area contributed by atoms with Crippen molar-refractivity contribution in [2.24, 2.45) is 5.73 Å². The highest BCUT2D eigenvalue weighted by Gasteiger charge is 2.36. The number of hydrogen-bond donors (Lipinski definition) is 3. The van der Waals surface area contributed by atoms with Gasteiger partial charge in [0.2, 0.25) is 0 Å². The maximum absolute atomic E-state index is 13.4. The van der Waals surface area contributed by atoms with Crippen LogP contribution in [0, 0.1) is 25.5 Å². The number of benzene rings is 4. The van der Waals surface area contributed by atoms with Gasteiger partial charge < -0.3 is 16.4 Å². The number of halogens is 4. The van der Waals surface area contributed by atoms with Gasteiger partial charge >= 0.3 is 0 Å². The minimum atomic E-state index is -4.12. The maximum atomic E-state index is 13.4. The number of fused-ring (bicyclic) bond motifs is 2. The third-order valence-corrected chi connectivity index (χ3v) is 14.1. The van der Waals surface area contributed by atoms with E-state index in [1.165, 1.54) is 60.9 Å². The zero-order valence-corrected chi connectivity index (χ0v) is 34.9. The highest BCUT2D eigenvalue weighted by molar-refractivity contribution is 7.90. The molecule has 2 aliphatic rings. The van der Waals surface area contributed by atoms with Gasteiger partial charge in [-0.15, -0.1) is 0 Å². The summed E-state index contributed by atoms with van der Waals surface area (Å²) in [4.78, 5) is 38.4. The summed E-state index contributed by atoms with van der Waals surface area (Å²) < 4.78 is 81.7. The fourth-order valence-electron chi connectivity index (χ4n) is 6.99. The molecule has 0 aliphatic heterocycles. The van der Waals surface area contributed by atoms with Gasteiger partial charge in [0.25, 0.3) is 31.9 Å². The third kappa shape index (κ3) is 9.10. The molecular formula is C44H43Cl2F2N5O7S2. The van der Waals surface area contributed by atoms with Gasteiger partial charge in [-0.25, -0.2) is 33.6 Å². The Balaban J connectivity index is 0.000000227. The van der Waals surface area contributed by atoms with Crippen molar-refractivity contribution >= 4 is 72.2 Å². The fraction of sp³-hybridized carbons (Fsp3) is 0.205. The van der Waals surface area contributed by atoms with E-state index >= 15 is 0 Å². The van der Waals surface area contributed by atoms with Crippen LogP contribution in [0.2, 0.25) is 10.0 Å². The van der Waals surface area contributed by atoms with Crippen molar-refractivity contribution in [3.8, 4) is 0 Å². The fourth-order valence-corrected chi connectivity index (χ4v) is 10.1. The van der Waals surface area contributed by atoms with Crippen molar-refractivity contribution in [3.05, 3.63) is 164 Å². The zero-order valence-electron chi connectivity index (χ0n) is 31.8. The van der Waals surface area contributed by atoms with E-state index in [0.717, 1.165) is 31.2 Å². The van der Waals surface area contributed by atoms with E-state index in [4.69, 9.17) is 28.9 Å². The number of aryl methyl sites for hydroxylation is 2. The van der Waals surface area contributed by atoms with Gasteiger partial charge in [0.05, 0.1) is 19.8 Å². The molecule has 0 saturated heterocycles. The first-order valence-electron chi connectivity index (χ1n) is 18.3. The van der Waals surface area contributed by atoms with Gasteiger partial charge in [-0.3, -0.25) is 14.4 Å². The summed E-state index contributed by atoms with van der Waals surface area (Å²) in [5.41, 5.74) is 10.0. The van der Waals surface area contributed by atoms with Gasteiger partial charge in [-0.05, 0) is 110 Å². The first-order valence-corrected chi connectivity index (χ1v) is 21.9. The number of carbonyl (C=O) groups is 3. The van der Waals surface area contributed by atoms with Crippen molar-refractivity contribution in [2.75, 3.05) is 10.6 Å². The molecule has 1 atom stereocenters. The van der Waals surface area contributed by atoms with E-state index in [9.17, 15) is 40.0 Å². The van der Waals surface area contributed by atoms with Gasteiger partial charge in [-0.1, -0.05) is 73.4 Å². The van der Waals surface area contributed by atoms with Crippen molar-refractivity contribution in [1.29, 1.82) is 0 Å². The van der Waals surface area contributed by atoms with Gasteiger partial charge in [-0.2, -0.15) is 0 Å². The quantitative estimate of drug-likeness (QED) is 0.135. The molecule has 8 rings (SSSR count). The average molecular weight is 927 g/mol. The number of hydrogen-bond acceptors (Lipinski definition) is 8. The highest BCUT2D eigenvalue weighted by atomic mass is 35.5. The summed E-state index contributed by atoms with van der Waals surface area (Å²) in [6, 6.07) is 19.6. The lowest BCUT2D eigenvalue weighted by Crippen LogP contribution is -2.23. The number of anilines is 2. The van der Waals surface area contributed by atoms with E-state index < -0.39 is 43.5 Å². The van der Waals surface area contributed by atoms with E-state index in [0.29, 0.717) is 29.5 Å². The molecule has 2 amide bonds. The summed E-state index contributed by atoms with van der Waals surface area (Å²) in [7, 11) is -8.15. The molecule has 18 heteroatoms. The second-order valence-corrected chi connectivity index (χ2v) is 18.7. The molecule has 0 fully saturated rings. The van der Waals surface area contributed by atoms with Crippen molar-refractivity contribution in [2.45, 2.75) is 70.2 Å². The summed E-state index contributed by atoms with van der Waals surface area (Å²) in [5, 5.41) is 4.82. The molecule has 0 spiro atoms. The van der Waals surface area contributed by atoms with Gasteiger partial charge in [0.1, 0.15) is 23.0 Å². The van der Waals surface area contributed by atoms with Crippen molar-refractivity contribution in [3.63, 3.8) is 0 Å². The Morgan fingerprint density at radius 2 is 1.10 bits per heavy atom. The third-order valence-electron chi connectivity index (χ3n) is 10.1. The number of nitrogens with one attached hydrogen (secondary N) is 2. The molecule has 6 aromatic rings. The molecule has 4 aromatic carbocycles. The summed E-state index contributed by atoms with van der Waals surface area (Å²) in [6.07, 6.45) is 4.20. The number of Topliss-reactive ketones (excluding diaryl/α,β-unsaturated/α-hetero) is 1. The minimum Gasteiger partial charge on any atom is -0.324 e. The predicted molar refractivity (Wildman–Crippen MR) is 236 cm³/mol. The Labute approximate surface area is 368 Å². The number of nitrogens with two attached hydrogens (primary N) is 1. The molecule has 2 aliphatic carbocycles. The maximum Gasteiger partial charge on any atom is 0.273 e. The number of aromatic nitrogens is 2. The van der Waals surface area contributed by atoms with E-state index in [2.05, 4.69) is 10.6 Å². The number of nitrogens with zero attached hydrogens (tertiary/aromatic N) is 2. The Hall–Kier alpha value is -5.65. The normalized spacial score (nSPS) is 14.1. The largest absolute Gasteiger partial charge is 0.324 e. The highest BCUT2D eigenvalue weighted by Crippen LogP contribution is 2.36. The van der Waals surface area contributed by atoms with E-state index in [-0.39, 0.29) is 87.7 Å². The number of ketones is 1. The Morgan fingerprint density at radius 3 is 1.55 bits per heavy atom. The molecule has 0 radical (unpaired) electrons. The lowest BCUT2D eigenvalue weighted by atomic mass is 10.1. The summed E-state index contributed by atoms with van der Waals surface area (Å²) in [6.45, 7) is 3.68. The Kier molecular flexibility index (Phi) is 14.0. The molecule has 0 saturated carbocycles. The van der Waals surface area contributed by atoms with Crippen LogP contribution in [0.1, 0.15) is 92.9 Å². The van der Waals surface area contributed by atoms with E-state index in [1.807, 2.05) is 13.8 Å². The zero-order chi connectivity index (χ0) is 43.3. The van der Waals surface area contributed by atoms with Crippen LogP contribution in [0.4, 0.5) is 20.2 Å². The Morgan fingerprint density at radius 1 is 0.661 bits per heavy atom. The van der Waals surface area contributed by atoms with Crippen LogP contribution in [-0.2, 0) is 32.9 Å². The second-order valence-electron chi connectivity index (χ2n) is 14.2. The van der Waals surface area contributed by atoms with Crippen LogP contribution in [0.5, 0.6) is 0 Å². The SMILES string of the molecule is C.C.Cc1ccc(S(=O)(=O)n2cc3c(c2C(=O)Nc2ccc(F)c(Cl)c2)CCC3=O)cc1.Cc1ccc(S(=O)(=O)n2cc3c(c2C(=O)Nc2ccc(F)c(Cl)c2)CCC3N)cc1. The van der Waals surface area contributed by atoms with Crippen LogP contribution in [0.15, 0.2) is 107 Å².